The third-order valence-corrected chi connectivity index (χ3v) is 8.31. The normalized spacial score (nSPS) is 14.7. The first kappa shape index (κ1) is 26.6. The second-order valence-corrected chi connectivity index (χ2v) is 11.4. The number of aryl methyl sites for hydroxylation is 1. The second kappa shape index (κ2) is 10.9. The van der Waals surface area contributed by atoms with E-state index in [0.717, 1.165) is 22.2 Å². The van der Waals surface area contributed by atoms with Crippen LogP contribution >= 0.6 is 0 Å². The number of benzene rings is 2. The Morgan fingerprint density at radius 1 is 1.11 bits per heavy atom. The highest BCUT2D eigenvalue weighted by Gasteiger charge is 2.49. The standard InChI is InChI=1S/C27H30N2O7S/c1-3-35-26(32)29-16-27(17-29,13-21(31)14-30)18-37(33,34)23-10-8-22(9-11-23)36-15-20-12-19(2)28-25-7-5-4-6-24(20)25/h4-12,30H,3,13-18H2,1-2H3. The van der Waals surface area contributed by atoms with E-state index in [1.165, 1.54) is 17.0 Å². The molecule has 0 aliphatic carbocycles. The molecule has 196 valence electrons. The third-order valence-electron chi connectivity index (χ3n) is 6.33. The number of sulfone groups is 1. The summed E-state index contributed by atoms with van der Waals surface area (Å²) in [4.78, 5) is 30.0. The highest BCUT2D eigenvalue weighted by Crippen LogP contribution is 2.38. The van der Waals surface area contributed by atoms with Crippen molar-refractivity contribution in [3.63, 3.8) is 0 Å². The van der Waals surface area contributed by atoms with Gasteiger partial charge in [-0.05, 0) is 50.2 Å². The number of aromatic nitrogens is 1. The largest absolute Gasteiger partial charge is 0.489 e. The van der Waals surface area contributed by atoms with Crippen molar-refractivity contribution < 1.29 is 32.6 Å². The first-order valence-corrected chi connectivity index (χ1v) is 13.6. The summed E-state index contributed by atoms with van der Waals surface area (Å²) in [6.07, 6.45) is -0.690. The van der Waals surface area contributed by atoms with Crippen LogP contribution in [0.2, 0.25) is 0 Å². The molecule has 0 saturated carbocycles. The molecule has 0 unspecified atom stereocenters. The molecule has 3 aromatic rings. The average molecular weight is 527 g/mol. The minimum atomic E-state index is -3.79. The van der Waals surface area contributed by atoms with Gasteiger partial charge in [0.15, 0.2) is 15.6 Å². The van der Waals surface area contributed by atoms with Crippen LogP contribution in [0, 0.1) is 12.3 Å². The smallest absolute Gasteiger partial charge is 0.409 e. The lowest BCUT2D eigenvalue weighted by molar-refractivity contribution is -0.126. The molecule has 9 nitrogen and oxygen atoms in total. The zero-order valence-electron chi connectivity index (χ0n) is 20.8. The number of aliphatic hydroxyl groups is 1. The number of fused-ring (bicyclic) bond motifs is 1. The van der Waals surface area contributed by atoms with Gasteiger partial charge in [0, 0.05) is 41.6 Å². The Labute approximate surface area is 215 Å². The van der Waals surface area contributed by atoms with E-state index >= 15 is 0 Å². The summed E-state index contributed by atoms with van der Waals surface area (Å²) in [6, 6.07) is 15.9. The van der Waals surface area contributed by atoms with Gasteiger partial charge in [-0.1, -0.05) is 18.2 Å². The van der Waals surface area contributed by atoms with Gasteiger partial charge in [-0.25, -0.2) is 13.2 Å². The fourth-order valence-corrected chi connectivity index (χ4v) is 6.55. The van der Waals surface area contributed by atoms with Gasteiger partial charge in [-0.2, -0.15) is 0 Å². The zero-order chi connectivity index (χ0) is 26.6. The maximum Gasteiger partial charge on any atom is 0.409 e. The van der Waals surface area contributed by atoms with Crippen LogP contribution < -0.4 is 4.74 Å². The molecule has 2 heterocycles. The van der Waals surface area contributed by atoms with Crippen molar-refractivity contribution in [2.45, 2.75) is 31.8 Å². The van der Waals surface area contributed by atoms with Crippen LogP contribution in [-0.4, -0.2) is 67.3 Å². The van der Waals surface area contributed by atoms with Gasteiger partial charge in [0.1, 0.15) is 19.0 Å². The van der Waals surface area contributed by atoms with Crippen LogP contribution in [0.4, 0.5) is 4.79 Å². The van der Waals surface area contributed by atoms with Crippen molar-refractivity contribution in [1.29, 1.82) is 0 Å². The maximum absolute atomic E-state index is 13.2. The molecule has 1 aliphatic heterocycles. The molecule has 37 heavy (non-hydrogen) atoms. The number of nitrogens with zero attached hydrogens (tertiary/aromatic N) is 2. The van der Waals surface area contributed by atoms with Crippen LogP contribution in [0.15, 0.2) is 59.5 Å². The summed E-state index contributed by atoms with van der Waals surface area (Å²) in [6.45, 7) is 3.55. The van der Waals surface area contributed by atoms with Crippen LogP contribution in [-0.2, 0) is 26.0 Å². The number of hydrogen-bond donors (Lipinski definition) is 1. The summed E-state index contributed by atoms with van der Waals surface area (Å²) in [5.74, 6) is -0.287. The Hall–Kier alpha value is -3.50. The van der Waals surface area contributed by atoms with Gasteiger partial charge in [0.05, 0.1) is 22.8 Å². The van der Waals surface area contributed by atoms with Crippen molar-refractivity contribution >= 4 is 32.6 Å². The molecule has 0 bridgehead atoms. The van der Waals surface area contributed by atoms with E-state index in [0.29, 0.717) is 12.4 Å². The van der Waals surface area contributed by atoms with Gasteiger partial charge >= 0.3 is 6.09 Å². The summed E-state index contributed by atoms with van der Waals surface area (Å²) in [5, 5.41) is 10.2. The molecule has 1 amide bonds. The van der Waals surface area contributed by atoms with E-state index in [2.05, 4.69) is 4.98 Å². The van der Waals surface area contributed by atoms with E-state index in [9.17, 15) is 23.1 Å². The van der Waals surface area contributed by atoms with Crippen molar-refractivity contribution in [3.05, 3.63) is 65.9 Å². The molecule has 1 aromatic heterocycles. The van der Waals surface area contributed by atoms with Crippen molar-refractivity contribution in [3.8, 4) is 5.75 Å². The molecule has 0 atom stereocenters. The molecular weight excluding hydrogens is 496 g/mol. The highest BCUT2D eigenvalue weighted by atomic mass is 32.2. The lowest BCUT2D eigenvalue weighted by atomic mass is 9.77. The van der Waals surface area contributed by atoms with Gasteiger partial charge < -0.3 is 19.5 Å². The van der Waals surface area contributed by atoms with Crippen molar-refractivity contribution in [2.75, 3.05) is 32.1 Å². The minimum Gasteiger partial charge on any atom is -0.489 e. The van der Waals surface area contributed by atoms with E-state index in [-0.39, 0.29) is 36.8 Å². The van der Waals surface area contributed by atoms with E-state index in [4.69, 9.17) is 9.47 Å². The van der Waals surface area contributed by atoms with Gasteiger partial charge in [0.25, 0.3) is 0 Å². The number of pyridine rings is 1. The molecular formula is C27H30N2O7S. The van der Waals surface area contributed by atoms with Crippen LogP contribution in [0.1, 0.15) is 24.6 Å². The van der Waals surface area contributed by atoms with Crippen molar-refractivity contribution in [1.82, 2.24) is 9.88 Å². The molecule has 10 heteroatoms. The number of carbonyl (C=O) groups is 2. The zero-order valence-corrected chi connectivity index (χ0v) is 21.7. The van der Waals surface area contributed by atoms with E-state index < -0.39 is 33.7 Å². The number of aliphatic hydroxyl groups excluding tert-OH is 1. The number of para-hydroxylation sites is 1. The number of amides is 1. The number of Topliss-reactive ketones (excluding diaryl/α,β-unsaturated/α-hetero) is 1. The number of likely N-dealkylation sites (tertiary alicyclic amines) is 1. The van der Waals surface area contributed by atoms with Gasteiger partial charge in [-0.15, -0.1) is 0 Å². The SMILES string of the molecule is CCOC(=O)N1CC(CC(=O)CO)(CS(=O)(=O)c2ccc(OCc3cc(C)nc4ccccc34)cc2)C1. The molecule has 0 radical (unpaired) electrons. The maximum atomic E-state index is 13.2. The number of ether oxygens (including phenoxy) is 2. The summed E-state index contributed by atoms with van der Waals surface area (Å²) in [7, 11) is -3.79. The first-order valence-electron chi connectivity index (χ1n) is 12.0. The Morgan fingerprint density at radius 3 is 2.49 bits per heavy atom. The fourth-order valence-electron chi connectivity index (χ4n) is 4.74. The topological polar surface area (TPSA) is 123 Å². The molecule has 2 aromatic carbocycles. The highest BCUT2D eigenvalue weighted by molar-refractivity contribution is 7.91. The predicted molar refractivity (Wildman–Crippen MR) is 137 cm³/mol. The molecule has 1 saturated heterocycles. The summed E-state index contributed by atoms with van der Waals surface area (Å²) in [5.41, 5.74) is 1.77. The van der Waals surface area contributed by atoms with Gasteiger partial charge in [0.2, 0.25) is 0 Å². The molecule has 4 rings (SSSR count). The van der Waals surface area contributed by atoms with E-state index in [1.807, 2.05) is 37.3 Å². The molecule has 1 aliphatic rings. The average Bonchev–Trinajstić information content (AvgIpc) is 2.85. The number of ketones is 1. The Morgan fingerprint density at radius 2 is 1.81 bits per heavy atom. The molecule has 0 spiro atoms. The lowest BCUT2D eigenvalue weighted by Crippen LogP contribution is -2.62. The summed E-state index contributed by atoms with van der Waals surface area (Å²) >= 11 is 0. The fraction of sp³-hybridized carbons (Fsp3) is 0.370. The van der Waals surface area contributed by atoms with E-state index in [1.54, 1.807) is 19.1 Å². The lowest BCUT2D eigenvalue weighted by Gasteiger charge is -2.48. The Kier molecular flexibility index (Phi) is 7.79. The predicted octanol–water partition coefficient (Wildman–Crippen LogP) is 3.31. The van der Waals surface area contributed by atoms with Crippen LogP contribution in [0.5, 0.6) is 5.75 Å². The monoisotopic (exact) mass is 526 g/mol. The van der Waals surface area contributed by atoms with Crippen LogP contribution in [0.3, 0.4) is 0 Å². The number of carbonyl (C=O) groups excluding carboxylic acids is 2. The summed E-state index contributed by atoms with van der Waals surface area (Å²) < 4.78 is 37.4. The quantitative estimate of drug-likeness (QED) is 0.427. The van der Waals surface area contributed by atoms with Gasteiger partial charge in [-0.3, -0.25) is 9.78 Å². The second-order valence-electron chi connectivity index (χ2n) is 9.39. The minimum absolute atomic E-state index is 0.0668. The van der Waals surface area contributed by atoms with Crippen molar-refractivity contribution in [2.24, 2.45) is 5.41 Å². The molecule has 1 fully saturated rings. The number of rotatable bonds is 10. The van der Waals surface area contributed by atoms with Crippen LogP contribution in [0.25, 0.3) is 10.9 Å². The Bertz CT molecular complexity index is 1400. The number of hydrogen-bond acceptors (Lipinski definition) is 8. The Balaban J connectivity index is 1.45. The first-order chi connectivity index (χ1) is 17.6. The molecule has 1 N–H and O–H groups in total. The third kappa shape index (κ3) is 6.08.